The number of carboxylic acids is 1. The van der Waals surface area contributed by atoms with Crippen molar-refractivity contribution in [3.8, 4) is 0 Å². The fraction of sp³-hybridized carbons (Fsp3) is 0.789. The van der Waals surface area contributed by atoms with E-state index in [2.05, 4.69) is 16.0 Å². The summed E-state index contributed by atoms with van der Waals surface area (Å²) in [6.45, 7) is 4.12. The SMILES string of the molecule is CC(=O)N[C@@H](CNC(=O)[C@@H]1CCCN(C(=O)CCC2CCNCC2)C1)C(=O)O.O.O.O. The van der Waals surface area contributed by atoms with Crippen molar-refractivity contribution in [2.75, 3.05) is 32.7 Å². The number of hydrogen-bond donors (Lipinski definition) is 4. The highest BCUT2D eigenvalue weighted by Gasteiger charge is 2.29. The predicted molar refractivity (Wildman–Crippen MR) is 113 cm³/mol. The number of piperidine rings is 2. The smallest absolute Gasteiger partial charge is 0.328 e. The maximum Gasteiger partial charge on any atom is 0.328 e. The van der Waals surface area contributed by atoms with Gasteiger partial charge in [-0.05, 0) is 51.1 Å². The molecule has 10 N–H and O–H groups in total. The Labute approximate surface area is 182 Å². The van der Waals surface area contributed by atoms with Gasteiger partial charge in [0.15, 0.2) is 0 Å². The number of nitrogens with one attached hydrogen (secondary N) is 3. The van der Waals surface area contributed by atoms with Crippen molar-refractivity contribution in [1.29, 1.82) is 0 Å². The average molecular weight is 451 g/mol. The third-order valence-electron chi connectivity index (χ3n) is 5.53. The lowest BCUT2D eigenvalue weighted by molar-refractivity contribution is -0.141. The lowest BCUT2D eigenvalue weighted by atomic mass is 9.92. The number of hydrogen-bond acceptors (Lipinski definition) is 5. The Morgan fingerprint density at radius 3 is 2.32 bits per heavy atom. The second kappa shape index (κ2) is 15.5. The highest BCUT2D eigenvalue weighted by Crippen LogP contribution is 2.21. The van der Waals surface area contributed by atoms with Crippen LogP contribution in [0.15, 0.2) is 0 Å². The molecule has 2 heterocycles. The van der Waals surface area contributed by atoms with E-state index in [9.17, 15) is 19.2 Å². The molecule has 0 aliphatic carbocycles. The van der Waals surface area contributed by atoms with Crippen LogP contribution in [0.2, 0.25) is 0 Å². The summed E-state index contributed by atoms with van der Waals surface area (Å²) in [6, 6.07) is -1.16. The summed E-state index contributed by atoms with van der Waals surface area (Å²) in [4.78, 5) is 48.9. The number of nitrogens with zero attached hydrogens (tertiary/aromatic N) is 1. The normalized spacial score (nSPS) is 19.5. The highest BCUT2D eigenvalue weighted by molar-refractivity contribution is 5.84. The minimum absolute atomic E-state index is 0. The van der Waals surface area contributed by atoms with E-state index in [4.69, 9.17) is 5.11 Å². The first-order valence-electron chi connectivity index (χ1n) is 10.1. The fourth-order valence-electron chi connectivity index (χ4n) is 3.87. The Morgan fingerprint density at radius 1 is 1.10 bits per heavy atom. The molecule has 2 saturated heterocycles. The van der Waals surface area contributed by atoms with Crippen LogP contribution < -0.4 is 16.0 Å². The molecule has 0 aromatic heterocycles. The van der Waals surface area contributed by atoms with Gasteiger partial charge in [0, 0.05) is 33.0 Å². The Balaban J connectivity index is 0. The molecule has 0 aromatic carbocycles. The number of carbonyl (C=O) groups excluding carboxylic acids is 3. The van der Waals surface area contributed by atoms with E-state index < -0.39 is 17.9 Å². The second-order valence-corrected chi connectivity index (χ2v) is 7.75. The van der Waals surface area contributed by atoms with Crippen LogP contribution in [-0.4, -0.2) is 88.9 Å². The van der Waals surface area contributed by atoms with Gasteiger partial charge in [-0.2, -0.15) is 0 Å². The summed E-state index contributed by atoms with van der Waals surface area (Å²) >= 11 is 0. The number of amides is 3. The molecule has 31 heavy (non-hydrogen) atoms. The van der Waals surface area contributed by atoms with E-state index in [0.29, 0.717) is 31.8 Å². The zero-order chi connectivity index (χ0) is 20.5. The summed E-state index contributed by atoms with van der Waals surface area (Å²) in [5, 5.41) is 17.3. The zero-order valence-electron chi connectivity index (χ0n) is 18.0. The first-order chi connectivity index (χ1) is 13.4. The fourth-order valence-corrected chi connectivity index (χ4v) is 3.87. The van der Waals surface area contributed by atoms with E-state index >= 15 is 0 Å². The number of rotatable bonds is 8. The first-order valence-corrected chi connectivity index (χ1v) is 10.1. The number of carbonyl (C=O) groups is 4. The van der Waals surface area contributed by atoms with Gasteiger partial charge < -0.3 is 42.4 Å². The Bertz CT molecular complexity index is 583. The molecule has 12 heteroatoms. The summed E-state index contributed by atoms with van der Waals surface area (Å²) in [5.41, 5.74) is 0. The number of likely N-dealkylation sites (tertiary alicyclic amines) is 1. The Hall–Kier alpha value is -2.28. The lowest BCUT2D eigenvalue weighted by Gasteiger charge is -2.33. The van der Waals surface area contributed by atoms with Crippen LogP contribution in [0.3, 0.4) is 0 Å². The molecular weight excluding hydrogens is 412 g/mol. The second-order valence-electron chi connectivity index (χ2n) is 7.75. The van der Waals surface area contributed by atoms with Crippen molar-refractivity contribution in [3.63, 3.8) is 0 Å². The van der Waals surface area contributed by atoms with Crippen LogP contribution in [0.4, 0.5) is 0 Å². The summed E-state index contributed by atoms with van der Waals surface area (Å²) < 4.78 is 0. The number of carboxylic acid groups (broad SMARTS) is 1. The van der Waals surface area contributed by atoms with Crippen LogP contribution in [0, 0.1) is 11.8 Å². The van der Waals surface area contributed by atoms with Crippen LogP contribution in [-0.2, 0) is 19.2 Å². The molecule has 12 nitrogen and oxygen atoms in total. The quantitative estimate of drug-likeness (QED) is 0.306. The summed E-state index contributed by atoms with van der Waals surface area (Å²) in [6.07, 6.45) is 5.05. The molecule has 2 aliphatic rings. The van der Waals surface area contributed by atoms with Gasteiger partial charge in [-0.1, -0.05) is 0 Å². The van der Waals surface area contributed by atoms with Crippen molar-refractivity contribution in [1.82, 2.24) is 20.9 Å². The molecule has 0 unspecified atom stereocenters. The molecule has 0 bridgehead atoms. The van der Waals surface area contributed by atoms with Crippen molar-refractivity contribution < 1.29 is 40.7 Å². The monoisotopic (exact) mass is 450 g/mol. The third kappa shape index (κ3) is 10.5. The van der Waals surface area contributed by atoms with Crippen molar-refractivity contribution in [2.24, 2.45) is 11.8 Å². The van der Waals surface area contributed by atoms with Gasteiger partial charge in [-0.15, -0.1) is 0 Å². The minimum Gasteiger partial charge on any atom is -0.480 e. The van der Waals surface area contributed by atoms with E-state index in [1.54, 1.807) is 4.90 Å². The summed E-state index contributed by atoms with van der Waals surface area (Å²) in [7, 11) is 0. The predicted octanol–water partition coefficient (Wildman–Crippen LogP) is -2.76. The molecule has 2 aliphatic heterocycles. The first kappa shape index (κ1) is 30.9. The van der Waals surface area contributed by atoms with Gasteiger partial charge in [0.25, 0.3) is 0 Å². The van der Waals surface area contributed by atoms with Gasteiger partial charge in [0.1, 0.15) is 6.04 Å². The van der Waals surface area contributed by atoms with Crippen molar-refractivity contribution in [3.05, 3.63) is 0 Å². The molecular formula is C19H38N4O8. The van der Waals surface area contributed by atoms with Crippen LogP contribution in [0.5, 0.6) is 0 Å². The lowest BCUT2D eigenvalue weighted by Crippen LogP contribution is -2.51. The van der Waals surface area contributed by atoms with Gasteiger partial charge in [0.05, 0.1) is 5.92 Å². The van der Waals surface area contributed by atoms with E-state index in [1.807, 2.05) is 0 Å². The van der Waals surface area contributed by atoms with E-state index in [-0.39, 0.29) is 40.7 Å². The van der Waals surface area contributed by atoms with Crippen molar-refractivity contribution >= 4 is 23.7 Å². The van der Waals surface area contributed by atoms with Gasteiger partial charge in [0.2, 0.25) is 17.7 Å². The van der Waals surface area contributed by atoms with Crippen molar-refractivity contribution in [2.45, 2.75) is 51.5 Å². The molecule has 0 spiro atoms. The van der Waals surface area contributed by atoms with Crippen LogP contribution in [0.25, 0.3) is 0 Å². The van der Waals surface area contributed by atoms with Gasteiger partial charge in [-0.25, -0.2) is 4.79 Å². The Kier molecular flexibility index (Phi) is 15.5. The summed E-state index contributed by atoms with van der Waals surface area (Å²) in [5.74, 6) is -1.59. The topological polar surface area (TPSA) is 222 Å². The minimum atomic E-state index is -1.20. The molecule has 0 aromatic rings. The standard InChI is InChI=1S/C19H32N4O5.3H2O/c1-13(24)22-16(19(27)28)11-21-18(26)15-3-2-10-23(12-15)17(25)5-4-14-6-8-20-9-7-14;;;/h14-16,20H,2-12H2,1H3,(H,21,26)(H,22,24)(H,27,28);3*1H2/t15-,16+;;;/m1.../s1. The van der Waals surface area contributed by atoms with E-state index in [0.717, 1.165) is 38.8 Å². The largest absolute Gasteiger partial charge is 0.480 e. The molecule has 2 rings (SSSR count). The average Bonchev–Trinajstić information content (AvgIpc) is 2.69. The number of aliphatic carboxylic acids is 1. The molecule has 3 amide bonds. The maximum absolute atomic E-state index is 12.5. The Morgan fingerprint density at radius 2 is 1.74 bits per heavy atom. The highest BCUT2D eigenvalue weighted by atomic mass is 16.4. The van der Waals surface area contributed by atoms with Crippen LogP contribution >= 0.6 is 0 Å². The van der Waals surface area contributed by atoms with Gasteiger partial charge in [-0.3, -0.25) is 14.4 Å². The zero-order valence-corrected chi connectivity index (χ0v) is 18.0. The molecule has 2 atom stereocenters. The maximum atomic E-state index is 12.5. The molecule has 0 saturated carbocycles. The molecule has 2 fully saturated rings. The molecule has 182 valence electrons. The van der Waals surface area contributed by atoms with E-state index in [1.165, 1.54) is 6.92 Å². The molecule has 0 radical (unpaired) electrons. The van der Waals surface area contributed by atoms with Gasteiger partial charge >= 0.3 is 5.97 Å². The third-order valence-corrected chi connectivity index (χ3v) is 5.53. The van der Waals surface area contributed by atoms with Crippen LogP contribution in [0.1, 0.15) is 45.4 Å².